The second kappa shape index (κ2) is 12.1. The molecule has 10 N–H and O–H groups in total. The van der Waals surface area contributed by atoms with Gasteiger partial charge >= 0.3 is 0 Å². The zero-order valence-corrected chi connectivity index (χ0v) is 23.0. The van der Waals surface area contributed by atoms with Crippen molar-refractivity contribution < 1.29 is 74.4 Å². The number of benzene rings is 2. The number of phenols is 2. The number of aliphatic hydroxyl groups is 8. The number of hydrogen-bond donors (Lipinski definition) is 10. The minimum absolute atomic E-state index is 0.0196. The van der Waals surface area contributed by atoms with Crippen molar-refractivity contribution in [3.63, 3.8) is 0 Å². The largest absolute Gasteiger partial charge is 0.508 e. The summed E-state index contributed by atoms with van der Waals surface area (Å²) < 4.78 is 28.2. The molecule has 0 radical (unpaired) electrons. The summed E-state index contributed by atoms with van der Waals surface area (Å²) in [5.74, 6) is -4.07. The first-order valence-electron chi connectivity index (χ1n) is 13.4. The molecule has 2 aliphatic heterocycles. The summed E-state index contributed by atoms with van der Waals surface area (Å²) in [6, 6.07) is 7.16. The third kappa shape index (κ3) is 5.24. The van der Waals surface area contributed by atoms with Gasteiger partial charge in [0, 0.05) is 23.8 Å². The molecule has 0 spiro atoms. The van der Waals surface area contributed by atoms with Gasteiger partial charge in [0.2, 0.25) is 0 Å². The Balaban J connectivity index is 1.68. The van der Waals surface area contributed by atoms with Crippen LogP contribution in [0.2, 0.25) is 0 Å². The molecule has 1 aromatic heterocycles. The van der Waals surface area contributed by atoms with E-state index in [2.05, 4.69) is 0 Å². The number of phenolic OH excluding ortho intramolecular Hbond substituents is 2. The molecule has 0 aliphatic carbocycles. The van der Waals surface area contributed by atoms with Gasteiger partial charge in [-0.25, -0.2) is 0 Å². The smallest absolute Gasteiger partial charge is 0.268 e. The summed E-state index contributed by atoms with van der Waals surface area (Å²) in [5, 5.41) is 104. The summed E-state index contributed by atoms with van der Waals surface area (Å²) in [7, 11) is 1.32. The highest BCUT2D eigenvalue weighted by molar-refractivity contribution is 5.86. The maximum Gasteiger partial charge on any atom is 0.268 e. The first-order chi connectivity index (χ1) is 20.9. The third-order valence-electron chi connectivity index (χ3n) is 7.78. The third-order valence-corrected chi connectivity index (χ3v) is 7.78. The van der Waals surface area contributed by atoms with E-state index in [-0.39, 0.29) is 28.2 Å². The van der Waals surface area contributed by atoms with E-state index < -0.39 is 90.9 Å². The standard InChI is InChI=1S/C28H32O16/c1-40-15-4-10(2-3-12(15)32)14-7-13(33)20-16(41-14)5-11(31)6-17(20)43-28(26(39)24(37)22(35)19(9-30)44-28)27-25(38)23(36)21(34)18(8-29)42-27/h2-7,18-19,21-27,29-32,34-39H,8-9H2,1H3. The zero-order valence-electron chi connectivity index (χ0n) is 23.0. The lowest BCUT2D eigenvalue weighted by atomic mass is 9.83. The van der Waals surface area contributed by atoms with Crippen LogP contribution in [-0.2, 0) is 9.47 Å². The SMILES string of the molecule is COc1cc(-c2cc(=O)c3c(OC4(C5OC(CO)C(O)C(O)C5O)OC(CO)C(O)C(O)C4O)cc(O)cc3o2)ccc1O. The Morgan fingerprint density at radius 2 is 1.50 bits per heavy atom. The van der Waals surface area contributed by atoms with Crippen molar-refractivity contribution in [2.45, 2.75) is 60.7 Å². The Morgan fingerprint density at radius 3 is 2.16 bits per heavy atom. The number of methoxy groups -OCH3 is 1. The van der Waals surface area contributed by atoms with Crippen LogP contribution in [0, 0.1) is 0 Å². The molecule has 10 atom stereocenters. The molecule has 16 heteroatoms. The fraction of sp³-hybridized carbons (Fsp3) is 0.464. The summed E-state index contributed by atoms with van der Waals surface area (Å²) in [5.41, 5.74) is -0.726. The van der Waals surface area contributed by atoms with E-state index in [0.29, 0.717) is 5.56 Å². The highest BCUT2D eigenvalue weighted by Crippen LogP contribution is 2.43. The van der Waals surface area contributed by atoms with Gasteiger partial charge in [-0.2, -0.15) is 0 Å². The summed E-state index contributed by atoms with van der Waals surface area (Å²) in [6.07, 6.45) is -17.7. The lowest BCUT2D eigenvalue weighted by molar-refractivity contribution is -0.396. The lowest BCUT2D eigenvalue weighted by Crippen LogP contribution is -2.77. The van der Waals surface area contributed by atoms with Crippen molar-refractivity contribution in [3.8, 4) is 34.3 Å². The molecule has 3 aromatic rings. The minimum Gasteiger partial charge on any atom is -0.508 e. The molecule has 16 nitrogen and oxygen atoms in total. The van der Waals surface area contributed by atoms with E-state index in [1.807, 2.05) is 0 Å². The molecule has 3 heterocycles. The van der Waals surface area contributed by atoms with Crippen molar-refractivity contribution >= 4 is 11.0 Å². The minimum atomic E-state index is -2.86. The quantitative estimate of drug-likeness (QED) is 0.128. The first kappa shape index (κ1) is 31.9. The van der Waals surface area contributed by atoms with Crippen LogP contribution in [0.15, 0.2) is 45.6 Å². The Bertz CT molecular complexity index is 1550. The van der Waals surface area contributed by atoms with Crippen LogP contribution < -0.4 is 14.9 Å². The molecular weight excluding hydrogens is 592 g/mol. The fourth-order valence-electron chi connectivity index (χ4n) is 5.44. The molecule has 2 saturated heterocycles. The van der Waals surface area contributed by atoms with Gasteiger partial charge < -0.3 is 74.4 Å². The molecule has 2 aliphatic rings. The van der Waals surface area contributed by atoms with E-state index in [1.165, 1.54) is 25.3 Å². The molecular formula is C28H32O16. The second-order valence-corrected chi connectivity index (χ2v) is 10.5. The van der Waals surface area contributed by atoms with Gasteiger partial charge in [-0.05, 0) is 18.2 Å². The van der Waals surface area contributed by atoms with Gasteiger partial charge in [-0.1, -0.05) is 0 Å². The van der Waals surface area contributed by atoms with E-state index in [9.17, 15) is 55.9 Å². The van der Waals surface area contributed by atoms with Crippen molar-refractivity contribution in [2.24, 2.45) is 0 Å². The molecule has 2 fully saturated rings. The Hall–Kier alpha value is -3.55. The number of hydrogen-bond acceptors (Lipinski definition) is 16. The molecule has 2 aromatic carbocycles. The van der Waals surface area contributed by atoms with Crippen LogP contribution in [-0.4, -0.2) is 132 Å². The highest BCUT2D eigenvalue weighted by atomic mass is 16.7. The van der Waals surface area contributed by atoms with Gasteiger partial charge in [-0.15, -0.1) is 0 Å². The van der Waals surface area contributed by atoms with E-state index in [4.69, 9.17) is 23.4 Å². The van der Waals surface area contributed by atoms with Crippen LogP contribution in [0.1, 0.15) is 0 Å². The van der Waals surface area contributed by atoms with Crippen LogP contribution in [0.3, 0.4) is 0 Å². The summed E-state index contributed by atoms with van der Waals surface area (Å²) in [6.45, 7) is -1.86. The first-order valence-corrected chi connectivity index (χ1v) is 13.4. The molecule has 0 bridgehead atoms. The molecule has 0 saturated carbocycles. The molecule has 5 rings (SSSR count). The fourth-order valence-corrected chi connectivity index (χ4v) is 5.44. The van der Waals surface area contributed by atoms with Gasteiger partial charge in [0.25, 0.3) is 5.79 Å². The number of fused-ring (bicyclic) bond motifs is 1. The average Bonchev–Trinajstić information content (AvgIpc) is 3.00. The van der Waals surface area contributed by atoms with E-state index in [1.54, 1.807) is 0 Å². The van der Waals surface area contributed by atoms with Gasteiger partial charge in [0.1, 0.15) is 71.0 Å². The normalized spacial score (nSPS) is 34.2. The summed E-state index contributed by atoms with van der Waals surface area (Å²) in [4.78, 5) is 13.5. The van der Waals surface area contributed by atoms with Gasteiger partial charge in [-0.3, -0.25) is 4.79 Å². The summed E-state index contributed by atoms with van der Waals surface area (Å²) >= 11 is 0. The molecule has 240 valence electrons. The maximum atomic E-state index is 13.5. The predicted octanol–water partition coefficient (Wildman–Crippen LogP) is -2.73. The number of ether oxygens (including phenoxy) is 4. The number of aromatic hydroxyl groups is 2. The monoisotopic (exact) mass is 624 g/mol. The predicted molar refractivity (Wildman–Crippen MR) is 145 cm³/mol. The molecule has 10 unspecified atom stereocenters. The van der Waals surface area contributed by atoms with Crippen LogP contribution in [0.25, 0.3) is 22.3 Å². The Labute approximate surface area is 247 Å². The van der Waals surface area contributed by atoms with Crippen LogP contribution >= 0.6 is 0 Å². The number of rotatable bonds is 7. The molecule has 0 amide bonds. The Kier molecular flexibility index (Phi) is 8.76. The average molecular weight is 625 g/mol. The zero-order chi connectivity index (χ0) is 32.1. The van der Waals surface area contributed by atoms with Gasteiger partial charge in [0.05, 0.1) is 20.3 Å². The topological polar surface area (TPSA) is 269 Å². The van der Waals surface area contributed by atoms with Crippen molar-refractivity contribution in [1.82, 2.24) is 0 Å². The van der Waals surface area contributed by atoms with E-state index >= 15 is 0 Å². The number of aliphatic hydroxyl groups excluding tert-OH is 8. The van der Waals surface area contributed by atoms with E-state index in [0.717, 1.165) is 18.2 Å². The van der Waals surface area contributed by atoms with Crippen molar-refractivity contribution in [2.75, 3.05) is 20.3 Å². The Morgan fingerprint density at radius 1 is 0.818 bits per heavy atom. The molecule has 44 heavy (non-hydrogen) atoms. The van der Waals surface area contributed by atoms with Crippen molar-refractivity contribution in [1.29, 1.82) is 0 Å². The van der Waals surface area contributed by atoms with Gasteiger partial charge in [0.15, 0.2) is 29.1 Å². The highest BCUT2D eigenvalue weighted by Gasteiger charge is 2.65. The van der Waals surface area contributed by atoms with Crippen molar-refractivity contribution in [3.05, 3.63) is 46.6 Å². The second-order valence-electron chi connectivity index (χ2n) is 10.5. The van der Waals surface area contributed by atoms with Crippen LogP contribution in [0.4, 0.5) is 0 Å². The lowest BCUT2D eigenvalue weighted by Gasteiger charge is -2.54. The van der Waals surface area contributed by atoms with Crippen LogP contribution in [0.5, 0.6) is 23.0 Å². The maximum absolute atomic E-state index is 13.5.